The number of rotatable bonds is 12. The molecule has 2 aromatic rings. The molecule has 1 aliphatic heterocycles. The van der Waals surface area contributed by atoms with Crippen LogP contribution in [0.2, 0.25) is 5.02 Å². The van der Waals surface area contributed by atoms with E-state index in [0.717, 1.165) is 37.7 Å². The number of carboxylic acids is 1. The third kappa shape index (κ3) is 8.71. The third-order valence-electron chi connectivity index (χ3n) is 8.80. The van der Waals surface area contributed by atoms with Gasteiger partial charge >= 0.3 is 12.1 Å². The number of carboxylic acid groups (broad SMARTS) is 1. The number of benzene rings is 2. The van der Waals surface area contributed by atoms with Crippen LogP contribution < -0.4 is 16.0 Å². The summed E-state index contributed by atoms with van der Waals surface area (Å²) in [5.41, 5.74) is 0.302. The smallest absolute Gasteiger partial charge is 0.408 e. The summed E-state index contributed by atoms with van der Waals surface area (Å²) in [6.45, 7) is 4.16. The molecule has 4 rings (SSSR count). The van der Waals surface area contributed by atoms with Crippen LogP contribution in [0, 0.1) is 17.7 Å². The zero-order chi connectivity index (χ0) is 31.9. The van der Waals surface area contributed by atoms with Crippen LogP contribution in [0.5, 0.6) is 0 Å². The summed E-state index contributed by atoms with van der Waals surface area (Å²) in [7, 11) is 0. The molecule has 0 spiro atoms. The van der Waals surface area contributed by atoms with Crippen LogP contribution in [0.15, 0.2) is 48.5 Å². The number of hydrogen-bond acceptors (Lipinski definition) is 5. The van der Waals surface area contributed by atoms with Crippen molar-refractivity contribution in [1.29, 1.82) is 0 Å². The Morgan fingerprint density at radius 1 is 1.02 bits per heavy atom. The second kappa shape index (κ2) is 14.9. The molecule has 1 aliphatic carbocycles. The summed E-state index contributed by atoms with van der Waals surface area (Å²) in [6.07, 6.45) is 3.76. The minimum Gasteiger partial charge on any atom is -0.480 e. The molecular weight excluding hydrogens is 589 g/mol. The van der Waals surface area contributed by atoms with Gasteiger partial charge in [-0.15, -0.1) is 0 Å². The fourth-order valence-corrected chi connectivity index (χ4v) is 6.45. The van der Waals surface area contributed by atoms with Gasteiger partial charge in [-0.2, -0.15) is 0 Å². The Bertz CT molecular complexity index is 1350. The van der Waals surface area contributed by atoms with Crippen molar-refractivity contribution in [2.24, 2.45) is 11.8 Å². The molecule has 3 amide bonds. The van der Waals surface area contributed by atoms with Gasteiger partial charge in [0.05, 0.1) is 0 Å². The van der Waals surface area contributed by atoms with Crippen LogP contribution in [0.3, 0.4) is 0 Å². The van der Waals surface area contributed by atoms with Crippen molar-refractivity contribution in [3.05, 3.63) is 70.5 Å². The van der Waals surface area contributed by atoms with Gasteiger partial charge in [0.25, 0.3) is 0 Å². The lowest BCUT2D eigenvalue weighted by atomic mass is 9.76. The second-order valence-electron chi connectivity index (χ2n) is 12.4. The molecule has 11 heteroatoms. The standard InChI is InChI=1S/C33H41ClFN3O6/c1-33(2,23-11-7-12-24(34)19-23)28(21-10-6-13-25(35)17-21)44-32(43)38-26(16-20-8-4-3-5-9-20)30(40)37-27(31(41)42)18-22-14-15-36-29(22)39/h6-7,10-13,17,19-20,22,26-28H,3-5,8-9,14-16,18H2,1-2H3,(H,36,39)(H,37,40)(H,38,43)(H,41,42)/t22?,26-,27-,28?/m0/s1. The molecule has 4 atom stereocenters. The summed E-state index contributed by atoms with van der Waals surface area (Å²) in [5.74, 6) is -3.01. The molecular formula is C33H41ClFN3O6. The molecule has 9 nitrogen and oxygen atoms in total. The SMILES string of the molecule is CC(C)(c1cccc(Cl)c1)C(OC(=O)N[C@@H](CC1CCCCC1)C(=O)N[C@@H](CC1CCNC1=O)C(=O)O)c1cccc(F)c1. The lowest BCUT2D eigenvalue weighted by molar-refractivity contribution is -0.143. The average Bonchev–Trinajstić information content (AvgIpc) is 3.39. The maximum Gasteiger partial charge on any atom is 0.408 e. The summed E-state index contributed by atoms with van der Waals surface area (Å²) in [5, 5.41) is 18.3. The fraction of sp³-hybridized carbons (Fsp3) is 0.515. The molecule has 0 radical (unpaired) electrons. The highest BCUT2D eigenvalue weighted by molar-refractivity contribution is 6.30. The van der Waals surface area contributed by atoms with E-state index in [0.29, 0.717) is 30.0 Å². The van der Waals surface area contributed by atoms with E-state index in [1.54, 1.807) is 24.3 Å². The molecule has 0 bridgehead atoms. The van der Waals surface area contributed by atoms with Crippen LogP contribution in [-0.2, 0) is 24.5 Å². The van der Waals surface area contributed by atoms with Gasteiger partial charge < -0.3 is 25.8 Å². The van der Waals surface area contributed by atoms with Crippen LogP contribution in [-0.4, -0.2) is 47.6 Å². The van der Waals surface area contributed by atoms with Crippen molar-refractivity contribution in [1.82, 2.24) is 16.0 Å². The minimum absolute atomic E-state index is 0.0526. The molecule has 2 unspecified atom stereocenters. The van der Waals surface area contributed by atoms with Crippen molar-refractivity contribution in [3.63, 3.8) is 0 Å². The normalized spacial score (nSPS) is 19.4. The second-order valence-corrected chi connectivity index (χ2v) is 12.9. The largest absolute Gasteiger partial charge is 0.480 e. The third-order valence-corrected chi connectivity index (χ3v) is 9.04. The van der Waals surface area contributed by atoms with E-state index >= 15 is 0 Å². The van der Waals surface area contributed by atoms with E-state index in [9.17, 15) is 28.7 Å². The average molecular weight is 630 g/mol. The number of halogens is 2. The molecule has 1 saturated carbocycles. The fourth-order valence-electron chi connectivity index (χ4n) is 6.26. The molecule has 2 aliphatic rings. The first-order chi connectivity index (χ1) is 20.9. The lowest BCUT2D eigenvalue weighted by Gasteiger charge is -2.35. The Morgan fingerprint density at radius 3 is 2.39 bits per heavy atom. The van der Waals surface area contributed by atoms with Gasteiger partial charge in [-0.3, -0.25) is 9.59 Å². The topological polar surface area (TPSA) is 134 Å². The van der Waals surface area contributed by atoms with Gasteiger partial charge in [0, 0.05) is 22.9 Å². The predicted molar refractivity (Wildman–Crippen MR) is 164 cm³/mol. The maximum atomic E-state index is 14.3. The molecule has 0 aromatic heterocycles. The first kappa shape index (κ1) is 33.2. The zero-order valence-electron chi connectivity index (χ0n) is 25.1. The molecule has 238 valence electrons. The van der Waals surface area contributed by atoms with Gasteiger partial charge in [0.1, 0.15) is 24.0 Å². The van der Waals surface area contributed by atoms with Crippen LogP contribution in [0.4, 0.5) is 9.18 Å². The van der Waals surface area contributed by atoms with Crippen LogP contribution in [0.1, 0.15) is 82.4 Å². The number of aliphatic carboxylic acids is 1. The minimum atomic E-state index is -1.30. The maximum absolute atomic E-state index is 14.3. The highest BCUT2D eigenvalue weighted by atomic mass is 35.5. The Labute approximate surface area is 262 Å². The Morgan fingerprint density at radius 2 is 1.75 bits per heavy atom. The van der Waals surface area contributed by atoms with Gasteiger partial charge in [-0.1, -0.05) is 81.8 Å². The molecule has 1 heterocycles. The lowest BCUT2D eigenvalue weighted by Crippen LogP contribution is -2.53. The zero-order valence-corrected chi connectivity index (χ0v) is 25.9. The number of carbonyl (C=O) groups is 4. The van der Waals surface area contributed by atoms with Crippen LogP contribution in [0.25, 0.3) is 0 Å². The van der Waals surface area contributed by atoms with Crippen LogP contribution >= 0.6 is 11.6 Å². The molecule has 2 fully saturated rings. The van der Waals surface area contributed by atoms with E-state index in [1.807, 2.05) is 19.9 Å². The number of nitrogens with one attached hydrogen (secondary N) is 3. The quantitative estimate of drug-likeness (QED) is 0.239. The van der Waals surface area contributed by atoms with E-state index in [4.69, 9.17) is 16.3 Å². The van der Waals surface area contributed by atoms with Gasteiger partial charge in [0.15, 0.2) is 0 Å². The number of hydrogen-bond donors (Lipinski definition) is 4. The molecule has 1 saturated heterocycles. The van der Waals surface area contributed by atoms with Crippen molar-refractivity contribution in [3.8, 4) is 0 Å². The van der Waals surface area contributed by atoms with Crippen molar-refractivity contribution in [2.45, 2.75) is 88.8 Å². The summed E-state index contributed by atoms with van der Waals surface area (Å²) in [4.78, 5) is 51.3. The number of amides is 3. The molecule has 2 aromatic carbocycles. The summed E-state index contributed by atoms with van der Waals surface area (Å²) >= 11 is 6.27. The highest BCUT2D eigenvalue weighted by Crippen LogP contribution is 2.40. The van der Waals surface area contributed by atoms with Crippen molar-refractivity contribution < 1.29 is 33.4 Å². The molecule has 44 heavy (non-hydrogen) atoms. The Kier molecular flexibility index (Phi) is 11.2. The number of alkyl carbamates (subject to hydrolysis) is 1. The van der Waals surface area contributed by atoms with E-state index in [-0.39, 0.29) is 18.2 Å². The summed E-state index contributed by atoms with van der Waals surface area (Å²) < 4.78 is 20.3. The van der Waals surface area contributed by atoms with E-state index < -0.39 is 53.3 Å². The first-order valence-corrected chi connectivity index (χ1v) is 15.6. The monoisotopic (exact) mass is 629 g/mol. The van der Waals surface area contributed by atoms with Gasteiger partial charge in [-0.25, -0.2) is 14.0 Å². The summed E-state index contributed by atoms with van der Waals surface area (Å²) in [6, 6.07) is 10.5. The first-order valence-electron chi connectivity index (χ1n) is 15.2. The molecule has 4 N–H and O–H groups in total. The predicted octanol–water partition coefficient (Wildman–Crippen LogP) is 5.66. The Hall–Kier alpha value is -3.66. The number of ether oxygens (including phenoxy) is 1. The highest BCUT2D eigenvalue weighted by Gasteiger charge is 2.38. The van der Waals surface area contributed by atoms with E-state index in [1.165, 1.54) is 18.2 Å². The van der Waals surface area contributed by atoms with Gasteiger partial charge in [-0.05, 0) is 60.6 Å². The van der Waals surface area contributed by atoms with Crippen molar-refractivity contribution >= 4 is 35.5 Å². The number of carbonyl (C=O) groups excluding carboxylic acids is 3. The Balaban J connectivity index is 1.56. The van der Waals surface area contributed by atoms with Gasteiger partial charge in [0.2, 0.25) is 11.8 Å². The van der Waals surface area contributed by atoms with E-state index in [2.05, 4.69) is 16.0 Å². The van der Waals surface area contributed by atoms with Crippen molar-refractivity contribution in [2.75, 3.05) is 6.54 Å².